The van der Waals surface area contributed by atoms with Crippen LogP contribution in [-0.2, 0) is 4.79 Å². The molecular weight excluding hydrogens is 207 g/mol. The molecule has 0 aliphatic heterocycles. The number of hydrogen-bond acceptors (Lipinski definition) is 1. The van der Waals surface area contributed by atoms with Crippen LogP contribution in [0.1, 0.15) is 13.8 Å². The van der Waals surface area contributed by atoms with E-state index in [1.54, 1.807) is 6.92 Å². The third-order valence-electron chi connectivity index (χ3n) is 1.56. The summed E-state index contributed by atoms with van der Waals surface area (Å²) in [6, 6.07) is 0. The van der Waals surface area contributed by atoms with E-state index >= 15 is 0 Å². The van der Waals surface area contributed by atoms with Gasteiger partial charge in [-0.25, -0.2) is 0 Å². The molecule has 2 nitrogen and oxygen atoms in total. The van der Waals surface area contributed by atoms with Gasteiger partial charge in [-0.05, 0) is 19.9 Å². The summed E-state index contributed by atoms with van der Waals surface area (Å²) in [6.45, 7) is 2.83. The molecule has 0 radical (unpaired) electrons. The molecule has 84 valence electrons. The van der Waals surface area contributed by atoms with E-state index in [1.165, 1.54) is 19.1 Å². The SMILES string of the molecule is C\C=C/C=C(\C=C(/C)C(N)=O)C(F)(F)F. The van der Waals surface area contributed by atoms with Crippen LogP contribution in [0.15, 0.2) is 35.5 Å². The molecule has 0 unspecified atom stereocenters. The maximum Gasteiger partial charge on any atom is 0.416 e. The van der Waals surface area contributed by atoms with Gasteiger partial charge in [0.25, 0.3) is 0 Å². The van der Waals surface area contributed by atoms with Crippen molar-refractivity contribution >= 4 is 5.91 Å². The molecule has 0 saturated carbocycles. The molecule has 0 aromatic heterocycles. The zero-order chi connectivity index (χ0) is 12.1. The highest BCUT2D eigenvalue weighted by Gasteiger charge is 2.31. The number of nitrogens with two attached hydrogens (primary N) is 1. The molecule has 2 N–H and O–H groups in total. The Labute approximate surface area is 86.0 Å². The molecule has 0 aliphatic carbocycles. The minimum Gasteiger partial charge on any atom is -0.366 e. The Balaban J connectivity index is 5.16. The number of amides is 1. The fraction of sp³-hybridized carbons (Fsp3) is 0.300. The molecule has 0 aromatic carbocycles. The number of rotatable bonds is 3. The maximum absolute atomic E-state index is 12.4. The lowest BCUT2D eigenvalue weighted by Gasteiger charge is -2.07. The summed E-state index contributed by atoms with van der Waals surface area (Å²) in [7, 11) is 0. The van der Waals surface area contributed by atoms with E-state index in [9.17, 15) is 18.0 Å². The van der Waals surface area contributed by atoms with Crippen LogP contribution in [-0.4, -0.2) is 12.1 Å². The monoisotopic (exact) mass is 219 g/mol. The van der Waals surface area contributed by atoms with Crippen molar-refractivity contribution in [3.05, 3.63) is 35.5 Å². The van der Waals surface area contributed by atoms with Crippen LogP contribution < -0.4 is 5.73 Å². The molecule has 0 heterocycles. The second-order valence-electron chi connectivity index (χ2n) is 2.84. The van der Waals surface area contributed by atoms with Gasteiger partial charge in [0.15, 0.2) is 0 Å². The molecule has 0 rings (SSSR count). The molecule has 0 spiro atoms. The van der Waals surface area contributed by atoms with Crippen molar-refractivity contribution in [3.63, 3.8) is 0 Å². The summed E-state index contributed by atoms with van der Waals surface area (Å²) in [5, 5.41) is 0. The number of allylic oxidation sites excluding steroid dienone is 5. The summed E-state index contributed by atoms with van der Waals surface area (Å²) in [6.07, 6.45) is -0.183. The molecule has 1 amide bonds. The normalized spacial score (nSPS) is 14.7. The van der Waals surface area contributed by atoms with Gasteiger partial charge < -0.3 is 5.73 Å². The average Bonchev–Trinajstić information content (AvgIpc) is 2.09. The van der Waals surface area contributed by atoms with Crippen molar-refractivity contribution in [2.45, 2.75) is 20.0 Å². The molecule has 0 fully saturated rings. The second kappa shape index (κ2) is 5.38. The smallest absolute Gasteiger partial charge is 0.366 e. The second-order valence-corrected chi connectivity index (χ2v) is 2.84. The van der Waals surface area contributed by atoms with Gasteiger partial charge in [0.2, 0.25) is 5.91 Å². The molecule has 0 aromatic rings. The molecule has 0 atom stereocenters. The molecular formula is C10H12F3NO. The Hall–Kier alpha value is -1.52. The summed E-state index contributed by atoms with van der Waals surface area (Å²) >= 11 is 0. The van der Waals surface area contributed by atoms with Gasteiger partial charge in [-0.1, -0.05) is 18.2 Å². The first-order valence-electron chi connectivity index (χ1n) is 4.17. The van der Waals surface area contributed by atoms with Crippen LogP contribution in [0, 0.1) is 0 Å². The van der Waals surface area contributed by atoms with Crippen LogP contribution in [0.5, 0.6) is 0 Å². The molecule has 0 saturated heterocycles. The zero-order valence-corrected chi connectivity index (χ0v) is 8.43. The number of carbonyl (C=O) groups excluding carboxylic acids is 1. The van der Waals surface area contributed by atoms with Crippen LogP contribution in [0.2, 0.25) is 0 Å². The fourth-order valence-electron chi connectivity index (χ4n) is 0.729. The topological polar surface area (TPSA) is 43.1 Å². The first kappa shape index (κ1) is 13.5. The van der Waals surface area contributed by atoms with E-state index in [0.29, 0.717) is 0 Å². The molecule has 15 heavy (non-hydrogen) atoms. The highest BCUT2D eigenvalue weighted by atomic mass is 19.4. The zero-order valence-electron chi connectivity index (χ0n) is 8.43. The van der Waals surface area contributed by atoms with Gasteiger partial charge in [-0.2, -0.15) is 13.2 Å². The predicted octanol–water partition coefficient (Wildman–Crippen LogP) is 2.48. The van der Waals surface area contributed by atoms with E-state index in [0.717, 1.165) is 12.2 Å². The number of carbonyl (C=O) groups is 1. The van der Waals surface area contributed by atoms with Crippen LogP contribution in [0.25, 0.3) is 0 Å². The van der Waals surface area contributed by atoms with Crippen molar-refractivity contribution in [1.29, 1.82) is 0 Å². The van der Waals surface area contributed by atoms with Crippen LogP contribution >= 0.6 is 0 Å². The largest absolute Gasteiger partial charge is 0.416 e. The predicted molar refractivity (Wildman–Crippen MR) is 51.9 cm³/mol. The molecule has 0 bridgehead atoms. The summed E-state index contributed by atoms with van der Waals surface area (Å²) in [5.74, 6) is -0.870. The van der Waals surface area contributed by atoms with E-state index in [1.807, 2.05) is 0 Å². The summed E-state index contributed by atoms with van der Waals surface area (Å²) in [4.78, 5) is 10.6. The van der Waals surface area contributed by atoms with Gasteiger partial charge in [0.05, 0.1) is 5.57 Å². The van der Waals surface area contributed by atoms with Crippen LogP contribution in [0.3, 0.4) is 0 Å². The minimum absolute atomic E-state index is 0.136. The molecule has 5 heteroatoms. The Kier molecular flexibility index (Phi) is 4.84. The number of alkyl halides is 3. The summed E-state index contributed by atoms with van der Waals surface area (Å²) < 4.78 is 37.1. The lowest BCUT2D eigenvalue weighted by atomic mass is 10.1. The number of hydrogen-bond donors (Lipinski definition) is 1. The Bertz CT molecular complexity index is 324. The highest BCUT2D eigenvalue weighted by Crippen LogP contribution is 2.27. The first-order chi connectivity index (χ1) is 6.79. The van der Waals surface area contributed by atoms with Gasteiger partial charge in [0.1, 0.15) is 0 Å². The lowest BCUT2D eigenvalue weighted by molar-refractivity contribution is -0.114. The highest BCUT2D eigenvalue weighted by molar-refractivity contribution is 5.91. The standard InChI is InChI=1S/C10H12F3NO/c1-3-4-5-8(10(11,12)13)6-7(2)9(14)15/h3-6H,1-2H3,(H2,14,15)/b4-3-,7-6+,8-5+. The Morgan fingerprint density at radius 1 is 1.33 bits per heavy atom. The van der Waals surface area contributed by atoms with E-state index < -0.39 is 17.7 Å². The quantitative estimate of drug-likeness (QED) is 0.575. The molecule has 0 aliphatic rings. The van der Waals surface area contributed by atoms with Gasteiger partial charge in [-0.3, -0.25) is 4.79 Å². The first-order valence-corrected chi connectivity index (χ1v) is 4.17. The van der Waals surface area contributed by atoms with Crippen molar-refractivity contribution < 1.29 is 18.0 Å². The Morgan fingerprint density at radius 2 is 1.87 bits per heavy atom. The average molecular weight is 219 g/mol. The van der Waals surface area contributed by atoms with E-state index in [4.69, 9.17) is 5.73 Å². The minimum atomic E-state index is -4.49. The number of halogens is 3. The van der Waals surface area contributed by atoms with Crippen molar-refractivity contribution in [2.24, 2.45) is 5.73 Å². The van der Waals surface area contributed by atoms with E-state index in [2.05, 4.69) is 0 Å². The van der Waals surface area contributed by atoms with E-state index in [-0.39, 0.29) is 5.57 Å². The van der Waals surface area contributed by atoms with Crippen LogP contribution in [0.4, 0.5) is 13.2 Å². The maximum atomic E-state index is 12.4. The third kappa shape index (κ3) is 5.05. The third-order valence-corrected chi connectivity index (χ3v) is 1.56. The van der Waals surface area contributed by atoms with Crippen molar-refractivity contribution in [1.82, 2.24) is 0 Å². The van der Waals surface area contributed by atoms with Gasteiger partial charge in [0, 0.05) is 5.57 Å². The lowest BCUT2D eigenvalue weighted by Crippen LogP contribution is -2.15. The van der Waals surface area contributed by atoms with Gasteiger partial charge >= 0.3 is 6.18 Å². The van der Waals surface area contributed by atoms with Crippen molar-refractivity contribution in [3.8, 4) is 0 Å². The Morgan fingerprint density at radius 3 is 2.20 bits per heavy atom. The number of primary amides is 1. The summed E-state index contributed by atoms with van der Waals surface area (Å²) in [5.41, 5.74) is 3.79. The van der Waals surface area contributed by atoms with Gasteiger partial charge in [-0.15, -0.1) is 0 Å². The van der Waals surface area contributed by atoms with Crippen molar-refractivity contribution in [2.75, 3.05) is 0 Å². The fourth-order valence-corrected chi connectivity index (χ4v) is 0.729.